The van der Waals surface area contributed by atoms with E-state index in [2.05, 4.69) is 33.1 Å². The number of carbonyl (C=O) groups excluding carboxylic acids is 1. The first-order valence-corrected chi connectivity index (χ1v) is 7.66. The van der Waals surface area contributed by atoms with Crippen molar-refractivity contribution in [2.45, 2.75) is 40.4 Å². The van der Waals surface area contributed by atoms with Gasteiger partial charge in [0.1, 0.15) is 6.54 Å². The van der Waals surface area contributed by atoms with Gasteiger partial charge in [-0.2, -0.15) is 10.2 Å². The molecule has 2 heterocycles. The predicted octanol–water partition coefficient (Wildman–Crippen LogP) is 2.14. The number of amides is 1. The van der Waals surface area contributed by atoms with Crippen LogP contribution in [0.25, 0.3) is 0 Å². The van der Waals surface area contributed by atoms with Gasteiger partial charge >= 0.3 is 0 Å². The maximum Gasteiger partial charge on any atom is 0.244 e. The number of rotatable bonds is 5. The Kier molecular flexibility index (Phi) is 4.82. The van der Waals surface area contributed by atoms with E-state index in [1.165, 1.54) is 0 Å². The predicted molar refractivity (Wildman–Crippen MR) is 83.8 cm³/mol. The summed E-state index contributed by atoms with van der Waals surface area (Å²) in [5.41, 5.74) is 3.13. The van der Waals surface area contributed by atoms with Crippen molar-refractivity contribution in [1.82, 2.24) is 24.5 Å². The zero-order chi connectivity index (χ0) is 15.6. The molecule has 0 aromatic carbocycles. The largest absolute Gasteiger partial charge is 0.340 e. The van der Waals surface area contributed by atoms with Crippen molar-refractivity contribution in [2.75, 3.05) is 7.05 Å². The van der Waals surface area contributed by atoms with E-state index in [4.69, 9.17) is 0 Å². The van der Waals surface area contributed by atoms with E-state index >= 15 is 0 Å². The van der Waals surface area contributed by atoms with Crippen LogP contribution in [0.15, 0.2) is 16.9 Å². The third-order valence-corrected chi connectivity index (χ3v) is 4.44. The fourth-order valence-corrected chi connectivity index (χ4v) is 2.43. The zero-order valence-corrected chi connectivity index (χ0v) is 14.4. The summed E-state index contributed by atoms with van der Waals surface area (Å²) in [5, 5.41) is 8.49. The number of halogens is 1. The van der Waals surface area contributed by atoms with Crippen LogP contribution < -0.4 is 0 Å². The minimum Gasteiger partial charge on any atom is -0.340 e. The van der Waals surface area contributed by atoms with Gasteiger partial charge in [-0.15, -0.1) is 0 Å². The molecule has 0 atom stereocenters. The highest BCUT2D eigenvalue weighted by atomic mass is 79.9. The molecule has 0 aliphatic heterocycles. The maximum atomic E-state index is 12.3. The molecule has 0 fully saturated rings. The first-order chi connectivity index (χ1) is 9.93. The molecular weight excluding hydrogens is 334 g/mol. The summed E-state index contributed by atoms with van der Waals surface area (Å²) in [6.07, 6.45) is 3.54. The molecule has 2 rings (SSSR count). The number of aromatic nitrogens is 4. The Labute approximate surface area is 132 Å². The first kappa shape index (κ1) is 15.8. The topological polar surface area (TPSA) is 56.0 Å². The van der Waals surface area contributed by atoms with Crippen LogP contribution in [0, 0.1) is 13.8 Å². The van der Waals surface area contributed by atoms with Crippen LogP contribution in [0.1, 0.15) is 23.9 Å². The summed E-state index contributed by atoms with van der Waals surface area (Å²) in [7, 11) is 1.80. The van der Waals surface area contributed by atoms with Crippen LogP contribution in [0.4, 0.5) is 0 Å². The van der Waals surface area contributed by atoms with E-state index in [9.17, 15) is 4.79 Å². The first-order valence-electron chi connectivity index (χ1n) is 6.87. The zero-order valence-electron chi connectivity index (χ0n) is 12.8. The Morgan fingerprint density at radius 2 is 1.90 bits per heavy atom. The molecule has 2 aromatic heterocycles. The fourth-order valence-electron chi connectivity index (χ4n) is 2.13. The molecule has 2 aromatic rings. The smallest absolute Gasteiger partial charge is 0.244 e. The van der Waals surface area contributed by atoms with Gasteiger partial charge < -0.3 is 4.90 Å². The van der Waals surface area contributed by atoms with E-state index in [1.54, 1.807) is 22.8 Å². The third-order valence-electron chi connectivity index (χ3n) is 3.67. The van der Waals surface area contributed by atoms with E-state index in [0.717, 1.165) is 28.0 Å². The summed E-state index contributed by atoms with van der Waals surface area (Å²) >= 11 is 3.40. The van der Waals surface area contributed by atoms with Gasteiger partial charge in [0, 0.05) is 31.4 Å². The number of nitrogens with zero attached hydrogens (tertiary/aromatic N) is 5. The number of likely N-dealkylation sites (N-methyl/N-ethyl adjacent to an activating group) is 1. The summed E-state index contributed by atoms with van der Waals surface area (Å²) in [5.74, 6) is 0.0253. The van der Waals surface area contributed by atoms with Crippen LogP contribution in [0.2, 0.25) is 0 Å². The average molecular weight is 354 g/mol. The van der Waals surface area contributed by atoms with E-state index in [1.807, 2.05) is 24.7 Å². The number of hydrogen-bond donors (Lipinski definition) is 0. The lowest BCUT2D eigenvalue weighted by molar-refractivity contribution is -0.131. The van der Waals surface area contributed by atoms with Gasteiger partial charge in [-0.1, -0.05) is 0 Å². The van der Waals surface area contributed by atoms with Crippen molar-refractivity contribution < 1.29 is 4.79 Å². The van der Waals surface area contributed by atoms with Crippen LogP contribution in [0.3, 0.4) is 0 Å². The second-order valence-electron chi connectivity index (χ2n) is 5.06. The standard InChI is InChI=1S/C14H20BrN5O/c1-5-19-10(2)12(6-16-19)8-18(4)14(21)9-20-11(3)13(15)7-17-20/h6-7H,5,8-9H2,1-4H3. The lowest BCUT2D eigenvalue weighted by Crippen LogP contribution is -2.30. The molecule has 0 aliphatic rings. The van der Waals surface area contributed by atoms with Crippen molar-refractivity contribution in [2.24, 2.45) is 0 Å². The van der Waals surface area contributed by atoms with Crippen molar-refractivity contribution in [3.05, 3.63) is 33.8 Å². The molecule has 1 amide bonds. The summed E-state index contributed by atoms with van der Waals surface area (Å²) < 4.78 is 4.55. The van der Waals surface area contributed by atoms with Crippen LogP contribution in [-0.2, 0) is 24.4 Å². The molecule has 0 radical (unpaired) electrons. The highest BCUT2D eigenvalue weighted by Gasteiger charge is 2.15. The molecular formula is C14H20BrN5O. The SMILES string of the molecule is CCn1ncc(CN(C)C(=O)Cn2ncc(Br)c2C)c1C. The van der Waals surface area contributed by atoms with Gasteiger partial charge in [-0.05, 0) is 36.7 Å². The van der Waals surface area contributed by atoms with E-state index < -0.39 is 0 Å². The molecule has 21 heavy (non-hydrogen) atoms. The molecule has 0 aliphatic carbocycles. The van der Waals surface area contributed by atoms with Gasteiger partial charge in [0.2, 0.25) is 5.91 Å². The Balaban J connectivity index is 2.02. The monoisotopic (exact) mass is 353 g/mol. The number of carbonyl (C=O) groups is 1. The molecule has 7 heteroatoms. The van der Waals surface area contributed by atoms with Crippen molar-refractivity contribution >= 4 is 21.8 Å². The van der Waals surface area contributed by atoms with Gasteiger partial charge in [0.25, 0.3) is 0 Å². The van der Waals surface area contributed by atoms with Gasteiger partial charge in [0.05, 0.1) is 22.6 Å². The number of aryl methyl sites for hydroxylation is 1. The second-order valence-corrected chi connectivity index (χ2v) is 5.91. The quantitative estimate of drug-likeness (QED) is 0.827. The summed E-state index contributed by atoms with van der Waals surface area (Å²) in [4.78, 5) is 14.0. The Hall–Kier alpha value is -1.63. The van der Waals surface area contributed by atoms with Crippen LogP contribution in [-0.4, -0.2) is 37.4 Å². The van der Waals surface area contributed by atoms with Gasteiger partial charge in [-0.25, -0.2) is 0 Å². The third kappa shape index (κ3) is 3.34. The van der Waals surface area contributed by atoms with Crippen LogP contribution in [0.5, 0.6) is 0 Å². The van der Waals surface area contributed by atoms with E-state index in [-0.39, 0.29) is 12.5 Å². The summed E-state index contributed by atoms with van der Waals surface area (Å²) in [6.45, 7) is 7.65. The fraction of sp³-hybridized carbons (Fsp3) is 0.500. The molecule has 114 valence electrons. The van der Waals surface area contributed by atoms with E-state index in [0.29, 0.717) is 6.54 Å². The van der Waals surface area contributed by atoms with Crippen molar-refractivity contribution in [3.8, 4) is 0 Å². The highest BCUT2D eigenvalue weighted by Crippen LogP contribution is 2.15. The van der Waals surface area contributed by atoms with Gasteiger partial charge in [0.15, 0.2) is 0 Å². The maximum absolute atomic E-state index is 12.3. The molecule has 6 nitrogen and oxygen atoms in total. The lowest BCUT2D eigenvalue weighted by Gasteiger charge is -2.17. The van der Waals surface area contributed by atoms with Crippen LogP contribution >= 0.6 is 15.9 Å². The molecule has 0 N–H and O–H groups in total. The Morgan fingerprint density at radius 1 is 1.24 bits per heavy atom. The van der Waals surface area contributed by atoms with Crippen molar-refractivity contribution in [3.63, 3.8) is 0 Å². The lowest BCUT2D eigenvalue weighted by atomic mass is 10.2. The minimum absolute atomic E-state index is 0.0253. The Morgan fingerprint density at radius 3 is 2.43 bits per heavy atom. The summed E-state index contributed by atoms with van der Waals surface area (Å²) in [6, 6.07) is 0. The average Bonchev–Trinajstić information content (AvgIpc) is 2.96. The van der Waals surface area contributed by atoms with Crippen molar-refractivity contribution in [1.29, 1.82) is 0 Å². The second kappa shape index (κ2) is 6.43. The normalized spacial score (nSPS) is 10.9. The highest BCUT2D eigenvalue weighted by molar-refractivity contribution is 9.10. The van der Waals surface area contributed by atoms with Gasteiger partial charge in [-0.3, -0.25) is 14.2 Å². The number of hydrogen-bond acceptors (Lipinski definition) is 3. The molecule has 0 saturated heterocycles. The molecule has 0 saturated carbocycles. The molecule has 0 spiro atoms. The molecule has 0 unspecified atom stereocenters. The molecule has 0 bridgehead atoms. The Bertz CT molecular complexity index is 646. The minimum atomic E-state index is 0.0253.